The van der Waals surface area contributed by atoms with E-state index in [4.69, 9.17) is 0 Å². The Hall–Kier alpha value is -0.780. The first kappa shape index (κ1) is 12.7. The van der Waals surface area contributed by atoms with Gasteiger partial charge in [-0.05, 0) is 38.1 Å². The summed E-state index contributed by atoms with van der Waals surface area (Å²) in [6.45, 7) is 2.26. The molecule has 1 fully saturated rings. The Balaban J connectivity index is 0.00000108. The molecule has 2 aromatic rings. The second kappa shape index (κ2) is 5.71. The van der Waals surface area contributed by atoms with Crippen molar-refractivity contribution >= 4 is 29.8 Å². The predicted molar refractivity (Wildman–Crippen MR) is 72.0 cm³/mol. The number of thioether (sulfide) groups is 1. The van der Waals surface area contributed by atoms with Crippen molar-refractivity contribution in [1.29, 1.82) is 0 Å². The van der Waals surface area contributed by atoms with Crippen molar-refractivity contribution in [1.82, 2.24) is 19.9 Å². The fourth-order valence-electron chi connectivity index (χ4n) is 1.94. The molecule has 3 rings (SSSR count). The van der Waals surface area contributed by atoms with Crippen molar-refractivity contribution in [2.24, 2.45) is 0 Å². The summed E-state index contributed by atoms with van der Waals surface area (Å²) in [6.07, 6.45) is 6.13. The molecule has 0 radical (unpaired) electrons. The van der Waals surface area contributed by atoms with Crippen LogP contribution in [0, 0.1) is 0 Å². The molecular weight excluding hydrogens is 256 g/mol. The minimum absolute atomic E-state index is 0. The van der Waals surface area contributed by atoms with E-state index in [9.17, 15) is 0 Å². The lowest BCUT2D eigenvalue weighted by Crippen LogP contribution is -2.29. The zero-order chi connectivity index (χ0) is 10.8. The highest BCUT2D eigenvalue weighted by atomic mass is 35.5. The third-order valence-corrected chi connectivity index (χ3v) is 4.07. The minimum atomic E-state index is 0. The van der Waals surface area contributed by atoms with Crippen molar-refractivity contribution in [3.63, 3.8) is 0 Å². The molecule has 1 saturated heterocycles. The van der Waals surface area contributed by atoms with Crippen LogP contribution in [0.2, 0.25) is 0 Å². The van der Waals surface area contributed by atoms with Crippen molar-refractivity contribution < 1.29 is 0 Å². The topological polar surface area (TPSA) is 42.2 Å². The standard InChI is InChI=1S/C11H14N4S.ClH/c1-2-11(14-15-8-7-13-10(1)15)16-9-3-5-12-6-4-9;/h1-2,7-9,12H,3-6H2;1H. The number of rotatable bonds is 2. The van der Waals surface area contributed by atoms with Gasteiger partial charge in [-0.25, -0.2) is 9.50 Å². The normalized spacial score (nSPS) is 16.9. The number of imidazole rings is 1. The second-order valence-electron chi connectivity index (χ2n) is 3.97. The van der Waals surface area contributed by atoms with Crippen LogP contribution in [0.15, 0.2) is 29.6 Å². The molecular formula is C11H15ClN4S. The average Bonchev–Trinajstić information content (AvgIpc) is 2.77. The zero-order valence-electron chi connectivity index (χ0n) is 9.37. The molecule has 4 nitrogen and oxygen atoms in total. The first-order valence-corrected chi connectivity index (χ1v) is 6.47. The van der Waals surface area contributed by atoms with Gasteiger partial charge in [-0.1, -0.05) is 0 Å². The first-order valence-electron chi connectivity index (χ1n) is 5.59. The van der Waals surface area contributed by atoms with Gasteiger partial charge in [0.05, 0.1) is 0 Å². The van der Waals surface area contributed by atoms with Crippen LogP contribution in [-0.2, 0) is 0 Å². The maximum Gasteiger partial charge on any atom is 0.153 e. The van der Waals surface area contributed by atoms with Gasteiger partial charge in [-0.2, -0.15) is 5.10 Å². The third-order valence-electron chi connectivity index (χ3n) is 2.80. The quantitative estimate of drug-likeness (QED) is 0.906. The Kier molecular flexibility index (Phi) is 4.25. The van der Waals surface area contributed by atoms with E-state index in [1.165, 1.54) is 12.8 Å². The zero-order valence-corrected chi connectivity index (χ0v) is 11.0. The summed E-state index contributed by atoms with van der Waals surface area (Å²) >= 11 is 1.88. The Bertz CT molecular complexity index is 481. The number of hydrogen-bond donors (Lipinski definition) is 1. The average molecular weight is 271 g/mol. The highest BCUT2D eigenvalue weighted by molar-refractivity contribution is 7.99. The van der Waals surface area contributed by atoms with Gasteiger partial charge in [0.1, 0.15) is 5.03 Å². The molecule has 0 unspecified atom stereocenters. The van der Waals surface area contributed by atoms with E-state index >= 15 is 0 Å². The number of hydrogen-bond acceptors (Lipinski definition) is 4. The smallest absolute Gasteiger partial charge is 0.153 e. The third kappa shape index (κ3) is 2.91. The van der Waals surface area contributed by atoms with Crippen LogP contribution < -0.4 is 5.32 Å². The molecule has 0 spiro atoms. The molecule has 0 atom stereocenters. The Morgan fingerprint density at radius 3 is 2.94 bits per heavy atom. The van der Waals surface area contributed by atoms with Crippen LogP contribution in [0.3, 0.4) is 0 Å². The lowest BCUT2D eigenvalue weighted by molar-refractivity contribution is 0.531. The largest absolute Gasteiger partial charge is 0.317 e. The first-order chi connectivity index (χ1) is 7.92. The van der Waals surface area contributed by atoms with Gasteiger partial charge in [-0.3, -0.25) is 0 Å². The van der Waals surface area contributed by atoms with E-state index in [0.29, 0.717) is 5.25 Å². The van der Waals surface area contributed by atoms with E-state index in [2.05, 4.69) is 21.5 Å². The van der Waals surface area contributed by atoms with Crippen molar-refractivity contribution in [3.8, 4) is 0 Å². The summed E-state index contributed by atoms with van der Waals surface area (Å²) < 4.78 is 1.84. The summed E-state index contributed by atoms with van der Waals surface area (Å²) in [5, 5.41) is 9.70. The summed E-state index contributed by atoms with van der Waals surface area (Å²) in [5.74, 6) is 0. The number of aromatic nitrogens is 3. The van der Waals surface area contributed by atoms with E-state index in [1.807, 2.05) is 28.5 Å². The molecule has 0 bridgehead atoms. The Morgan fingerprint density at radius 2 is 2.12 bits per heavy atom. The fraction of sp³-hybridized carbons (Fsp3) is 0.455. The van der Waals surface area contributed by atoms with Gasteiger partial charge in [0.25, 0.3) is 0 Å². The maximum absolute atomic E-state index is 4.53. The van der Waals surface area contributed by atoms with Crippen molar-refractivity contribution in [2.45, 2.75) is 23.1 Å². The lowest BCUT2D eigenvalue weighted by atomic mass is 10.2. The van der Waals surface area contributed by atoms with Crippen molar-refractivity contribution in [2.75, 3.05) is 13.1 Å². The fourth-order valence-corrected chi connectivity index (χ4v) is 3.04. The predicted octanol–water partition coefficient (Wildman–Crippen LogP) is 2.00. The molecule has 17 heavy (non-hydrogen) atoms. The van der Waals surface area contributed by atoms with Gasteiger partial charge in [-0.15, -0.1) is 24.2 Å². The number of halogens is 1. The Morgan fingerprint density at radius 1 is 1.29 bits per heavy atom. The van der Waals surface area contributed by atoms with E-state index in [0.717, 1.165) is 23.8 Å². The van der Waals surface area contributed by atoms with Crippen LogP contribution in [0.25, 0.3) is 5.65 Å². The Labute approximate surface area is 111 Å². The molecule has 0 aliphatic carbocycles. The van der Waals surface area contributed by atoms with Crippen molar-refractivity contribution in [3.05, 3.63) is 24.5 Å². The molecule has 1 N–H and O–H groups in total. The molecule has 3 heterocycles. The highest BCUT2D eigenvalue weighted by Gasteiger charge is 2.15. The van der Waals surface area contributed by atoms with Crippen LogP contribution in [-0.4, -0.2) is 32.9 Å². The molecule has 0 aromatic carbocycles. The van der Waals surface area contributed by atoms with Crippen LogP contribution in [0.4, 0.5) is 0 Å². The monoisotopic (exact) mass is 270 g/mol. The molecule has 1 aliphatic heterocycles. The number of nitrogens with zero attached hydrogens (tertiary/aromatic N) is 3. The molecule has 6 heteroatoms. The summed E-state index contributed by atoms with van der Waals surface area (Å²) in [6, 6.07) is 4.09. The summed E-state index contributed by atoms with van der Waals surface area (Å²) in [5.41, 5.74) is 0.912. The van der Waals surface area contributed by atoms with Gasteiger partial charge >= 0.3 is 0 Å². The molecule has 0 saturated carbocycles. The van der Waals surface area contributed by atoms with Crippen LogP contribution >= 0.6 is 24.2 Å². The van der Waals surface area contributed by atoms with Gasteiger partial charge in [0.15, 0.2) is 5.65 Å². The van der Waals surface area contributed by atoms with E-state index < -0.39 is 0 Å². The number of piperidine rings is 1. The SMILES string of the molecule is Cl.c1cn2nc(SC3CCNCC3)ccc2n1. The number of fused-ring (bicyclic) bond motifs is 1. The molecule has 92 valence electrons. The van der Waals surface area contributed by atoms with Crippen LogP contribution in [0.1, 0.15) is 12.8 Å². The van der Waals surface area contributed by atoms with Gasteiger partial charge < -0.3 is 5.32 Å². The van der Waals surface area contributed by atoms with Gasteiger partial charge in [0.2, 0.25) is 0 Å². The molecule has 0 amide bonds. The lowest BCUT2D eigenvalue weighted by Gasteiger charge is -2.21. The maximum atomic E-state index is 4.53. The summed E-state index contributed by atoms with van der Waals surface area (Å²) in [7, 11) is 0. The van der Waals surface area contributed by atoms with Gasteiger partial charge in [0, 0.05) is 17.6 Å². The minimum Gasteiger partial charge on any atom is -0.317 e. The summed E-state index contributed by atoms with van der Waals surface area (Å²) in [4.78, 5) is 4.19. The second-order valence-corrected chi connectivity index (χ2v) is 5.29. The van der Waals surface area contributed by atoms with Crippen LogP contribution in [0.5, 0.6) is 0 Å². The van der Waals surface area contributed by atoms with E-state index in [-0.39, 0.29) is 12.4 Å². The van der Waals surface area contributed by atoms with E-state index in [1.54, 1.807) is 6.20 Å². The number of nitrogens with one attached hydrogen (secondary N) is 1. The molecule has 1 aliphatic rings. The highest BCUT2D eigenvalue weighted by Crippen LogP contribution is 2.26. The molecule has 2 aromatic heterocycles.